The number of carbonyl (C=O) groups excluding carboxylic acids is 1. The van der Waals surface area contributed by atoms with Gasteiger partial charge in [-0.05, 0) is 37.0 Å². The first-order chi connectivity index (χ1) is 11.6. The number of hydrogen-bond donors (Lipinski definition) is 1. The Morgan fingerprint density at radius 3 is 2.60 bits per heavy atom. The second kappa shape index (κ2) is 6.23. The Morgan fingerprint density at radius 1 is 1.24 bits per heavy atom. The van der Waals surface area contributed by atoms with Crippen LogP contribution in [-0.4, -0.2) is 45.4 Å². The first-order valence-electron chi connectivity index (χ1n) is 9.10. The number of nitrogens with zero attached hydrogens (tertiary/aromatic N) is 1. The van der Waals surface area contributed by atoms with Gasteiger partial charge in [-0.1, -0.05) is 20.8 Å². The van der Waals surface area contributed by atoms with E-state index in [1.165, 1.54) is 0 Å². The Labute approximate surface area is 151 Å². The second-order valence-electron chi connectivity index (χ2n) is 8.59. The monoisotopic (exact) mass is 362 g/mol. The molecule has 1 fully saturated rings. The van der Waals surface area contributed by atoms with Crippen molar-refractivity contribution in [3.05, 3.63) is 17.7 Å². The molecule has 1 aromatic carbocycles. The Hall–Kier alpha value is -1.69. The van der Waals surface area contributed by atoms with Crippen molar-refractivity contribution in [1.29, 1.82) is 0 Å². The summed E-state index contributed by atoms with van der Waals surface area (Å²) in [5.41, 5.74) is 1.54. The molecule has 0 spiro atoms. The predicted octanol–water partition coefficient (Wildman–Crippen LogP) is 4.11. The van der Waals surface area contributed by atoms with E-state index in [4.69, 9.17) is 9.16 Å². The van der Waals surface area contributed by atoms with Crippen molar-refractivity contribution in [2.45, 2.75) is 57.8 Å². The van der Waals surface area contributed by atoms with Crippen molar-refractivity contribution in [2.24, 2.45) is 0 Å². The first-order valence-corrected chi connectivity index (χ1v) is 12.0. The molecule has 25 heavy (non-hydrogen) atoms. The smallest absolute Gasteiger partial charge is 0.256 e. The van der Waals surface area contributed by atoms with E-state index in [-0.39, 0.29) is 17.0 Å². The number of fused-ring (bicyclic) bond motifs is 2. The van der Waals surface area contributed by atoms with Crippen LogP contribution in [0.1, 0.15) is 44.0 Å². The molecule has 1 aromatic rings. The van der Waals surface area contributed by atoms with Gasteiger partial charge < -0.3 is 19.4 Å². The van der Waals surface area contributed by atoms with E-state index in [1.807, 2.05) is 17.0 Å². The number of amides is 1. The number of hydrogen-bond acceptors (Lipinski definition) is 4. The maximum atomic E-state index is 12.9. The first kappa shape index (κ1) is 18.1. The summed E-state index contributed by atoms with van der Waals surface area (Å²) in [7, 11) is -0.362. The van der Waals surface area contributed by atoms with E-state index in [0.717, 1.165) is 37.4 Å². The Balaban J connectivity index is 1.99. The third-order valence-corrected chi connectivity index (χ3v) is 10.2. The number of methoxy groups -OCH3 is 1. The van der Waals surface area contributed by atoms with E-state index < -0.39 is 8.32 Å². The zero-order valence-electron chi connectivity index (χ0n) is 16.2. The summed E-state index contributed by atoms with van der Waals surface area (Å²) >= 11 is 0. The molecular weight excluding hydrogens is 332 g/mol. The fourth-order valence-corrected chi connectivity index (χ4v) is 4.26. The fraction of sp³-hybridized carbons (Fsp3) is 0.632. The Bertz CT molecular complexity index is 682. The maximum absolute atomic E-state index is 12.9. The standard InChI is InChI=1S/C19H30N2O3Si/c1-19(2,3)25(5,6)24-17-11-15-14(10-16(17)23-4)18(22)21-9-7-8-13(21)12-20-15/h10-11,13,20H,7-9,12H2,1-6H3/t13-/m0/s1. The van der Waals surface area contributed by atoms with Gasteiger partial charge in [0.05, 0.1) is 18.4 Å². The van der Waals surface area contributed by atoms with Crippen molar-refractivity contribution in [2.75, 3.05) is 25.5 Å². The van der Waals surface area contributed by atoms with Crippen LogP contribution in [0.25, 0.3) is 0 Å². The average Bonchev–Trinajstić information content (AvgIpc) is 2.95. The summed E-state index contributed by atoms with van der Waals surface area (Å²) in [5.74, 6) is 1.46. The Morgan fingerprint density at radius 2 is 1.96 bits per heavy atom. The van der Waals surface area contributed by atoms with Gasteiger partial charge in [-0.15, -0.1) is 0 Å². The molecule has 1 N–H and O–H groups in total. The highest BCUT2D eigenvalue weighted by molar-refractivity contribution is 6.74. The van der Waals surface area contributed by atoms with E-state index >= 15 is 0 Å². The van der Waals surface area contributed by atoms with Crippen LogP contribution < -0.4 is 14.5 Å². The van der Waals surface area contributed by atoms with Crippen molar-refractivity contribution < 1.29 is 14.0 Å². The molecule has 0 unspecified atom stereocenters. The molecule has 3 rings (SSSR count). The minimum Gasteiger partial charge on any atom is -0.541 e. The number of ether oxygens (including phenoxy) is 1. The minimum absolute atomic E-state index is 0.0940. The number of nitrogens with one attached hydrogen (secondary N) is 1. The van der Waals surface area contributed by atoms with E-state index in [1.54, 1.807) is 7.11 Å². The lowest BCUT2D eigenvalue weighted by Crippen LogP contribution is -2.44. The van der Waals surface area contributed by atoms with Crippen LogP contribution in [-0.2, 0) is 0 Å². The molecule has 0 bridgehead atoms. The van der Waals surface area contributed by atoms with Gasteiger partial charge in [0.15, 0.2) is 5.75 Å². The summed E-state index contributed by atoms with van der Waals surface area (Å²) < 4.78 is 12.0. The molecule has 1 amide bonds. The number of carbonyl (C=O) groups is 1. The van der Waals surface area contributed by atoms with Crippen molar-refractivity contribution in [3.63, 3.8) is 0 Å². The lowest BCUT2D eigenvalue weighted by molar-refractivity contribution is 0.0750. The number of benzene rings is 1. The lowest BCUT2D eigenvalue weighted by Gasteiger charge is -2.37. The highest BCUT2D eigenvalue weighted by Gasteiger charge is 2.40. The normalized spacial score (nSPS) is 20.5. The summed E-state index contributed by atoms with van der Waals surface area (Å²) in [5, 5.41) is 3.55. The Kier molecular flexibility index (Phi) is 4.52. The topological polar surface area (TPSA) is 50.8 Å². The molecule has 0 radical (unpaired) electrons. The molecule has 2 heterocycles. The molecule has 2 aliphatic heterocycles. The van der Waals surface area contributed by atoms with Gasteiger partial charge in [0.25, 0.3) is 14.2 Å². The van der Waals surface area contributed by atoms with Gasteiger partial charge in [0.2, 0.25) is 0 Å². The van der Waals surface area contributed by atoms with E-state index in [0.29, 0.717) is 11.3 Å². The number of anilines is 1. The quantitative estimate of drug-likeness (QED) is 0.822. The summed E-state index contributed by atoms with van der Waals surface area (Å²) in [6.45, 7) is 12.7. The maximum Gasteiger partial charge on any atom is 0.256 e. The number of rotatable bonds is 3. The van der Waals surface area contributed by atoms with Crippen molar-refractivity contribution >= 4 is 19.9 Å². The van der Waals surface area contributed by atoms with E-state index in [9.17, 15) is 4.79 Å². The van der Waals surface area contributed by atoms with Gasteiger partial charge >= 0.3 is 0 Å². The predicted molar refractivity (Wildman–Crippen MR) is 103 cm³/mol. The van der Waals surface area contributed by atoms with Crippen LogP contribution in [0, 0.1) is 0 Å². The van der Waals surface area contributed by atoms with Gasteiger partial charge in [0.1, 0.15) is 5.75 Å². The highest BCUT2D eigenvalue weighted by atomic mass is 28.4. The minimum atomic E-state index is -1.99. The van der Waals surface area contributed by atoms with Crippen LogP contribution in [0.5, 0.6) is 11.5 Å². The summed E-state index contributed by atoms with van der Waals surface area (Å²) in [4.78, 5) is 14.9. The second-order valence-corrected chi connectivity index (χ2v) is 13.3. The molecule has 138 valence electrons. The van der Waals surface area contributed by atoms with Gasteiger partial charge in [-0.2, -0.15) is 0 Å². The van der Waals surface area contributed by atoms with Gasteiger partial charge in [-0.3, -0.25) is 4.79 Å². The molecule has 2 aliphatic rings. The zero-order chi connectivity index (χ0) is 18.4. The van der Waals surface area contributed by atoms with Crippen LogP contribution in [0.4, 0.5) is 5.69 Å². The van der Waals surface area contributed by atoms with Crippen molar-refractivity contribution in [3.8, 4) is 11.5 Å². The van der Waals surface area contributed by atoms with Crippen LogP contribution in [0.3, 0.4) is 0 Å². The lowest BCUT2D eigenvalue weighted by atomic mass is 10.1. The molecule has 6 heteroatoms. The van der Waals surface area contributed by atoms with E-state index in [2.05, 4.69) is 39.2 Å². The zero-order valence-corrected chi connectivity index (χ0v) is 17.2. The summed E-state index contributed by atoms with van der Waals surface area (Å²) in [6.07, 6.45) is 2.15. The molecule has 0 aliphatic carbocycles. The molecule has 5 nitrogen and oxygen atoms in total. The third kappa shape index (κ3) is 3.24. The van der Waals surface area contributed by atoms with Crippen LogP contribution >= 0.6 is 0 Å². The SMILES string of the molecule is COc1cc2c(cc1O[Si](C)(C)C(C)(C)C)NC[C@@H]1CCCN1C2=O. The molecule has 0 aromatic heterocycles. The molecule has 1 saturated heterocycles. The molecular formula is C19H30N2O3Si. The van der Waals surface area contributed by atoms with Crippen LogP contribution in [0.15, 0.2) is 12.1 Å². The van der Waals surface area contributed by atoms with Gasteiger partial charge in [0, 0.05) is 25.2 Å². The average molecular weight is 363 g/mol. The fourth-order valence-electron chi connectivity index (χ4n) is 3.25. The van der Waals surface area contributed by atoms with Crippen LogP contribution in [0.2, 0.25) is 18.1 Å². The molecule has 0 saturated carbocycles. The van der Waals surface area contributed by atoms with Crippen molar-refractivity contribution in [1.82, 2.24) is 4.90 Å². The molecule has 1 atom stereocenters. The third-order valence-electron chi connectivity index (χ3n) is 5.87. The highest BCUT2D eigenvalue weighted by Crippen LogP contribution is 2.42. The summed E-state index contributed by atoms with van der Waals surface area (Å²) in [6, 6.07) is 4.08. The van der Waals surface area contributed by atoms with Gasteiger partial charge in [-0.25, -0.2) is 0 Å². The largest absolute Gasteiger partial charge is 0.541 e.